The van der Waals surface area contributed by atoms with Gasteiger partial charge >= 0.3 is 0 Å². The first kappa shape index (κ1) is 16.7. The molecule has 116 valence electrons. The highest BCUT2D eigenvalue weighted by molar-refractivity contribution is 7.07. The molecule has 0 aliphatic heterocycles. The third kappa shape index (κ3) is 3.76. The number of hydrogen-bond donors (Lipinski definition) is 1. The van der Waals surface area contributed by atoms with Crippen LogP contribution < -0.4 is 10.1 Å². The van der Waals surface area contributed by atoms with Crippen molar-refractivity contribution in [3.63, 3.8) is 0 Å². The van der Waals surface area contributed by atoms with E-state index >= 15 is 0 Å². The van der Waals surface area contributed by atoms with Crippen LogP contribution in [0.5, 0.6) is 0 Å². The lowest BCUT2D eigenvalue weighted by atomic mass is 10.2. The Labute approximate surface area is 141 Å². The molecule has 0 saturated carbocycles. The zero-order valence-corrected chi connectivity index (χ0v) is 14.2. The number of aryl methyl sites for hydroxylation is 1. The summed E-state index contributed by atoms with van der Waals surface area (Å²) in [7, 11) is 1.79. The Morgan fingerprint density at radius 1 is 1.36 bits per heavy atom. The topological polar surface area (TPSA) is 63.5 Å². The number of rotatable bonds is 3. The normalized spacial score (nSPS) is 13.0. The van der Waals surface area contributed by atoms with Gasteiger partial charge in [0.25, 0.3) is 11.8 Å². The summed E-state index contributed by atoms with van der Waals surface area (Å²) in [5, 5.41) is 4.82. The molecule has 0 saturated heterocycles. The minimum atomic E-state index is -0.773. The molecule has 2 amide bonds. The number of nitrogens with zero attached hydrogens (tertiary/aromatic N) is 2. The van der Waals surface area contributed by atoms with Crippen molar-refractivity contribution in [2.45, 2.75) is 13.0 Å². The number of amides is 2. The lowest BCUT2D eigenvalue weighted by molar-refractivity contribution is -0.119. The predicted octanol–water partition coefficient (Wildman–Crippen LogP) is 2.64. The van der Waals surface area contributed by atoms with Crippen LogP contribution in [0.25, 0.3) is 0 Å². The van der Waals surface area contributed by atoms with E-state index in [0.717, 1.165) is 0 Å². The van der Waals surface area contributed by atoms with Gasteiger partial charge in [0.15, 0.2) is 4.80 Å². The van der Waals surface area contributed by atoms with E-state index in [2.05, 4.69) is 10.3 Å². The highest BCUT2D eigenvalue weighted by Gasteiger charge is 2.18. The number of thiazole rings is 1. The van der Waals surface area contributed by atoms with Crippen molar-refractivity contribution >= 4 is 46.4 Å². The lowest BCUT2D eigenvalue weighted by Gasteiger charge is -2.11. The summed E-state index contributed by atoms with van der Waals surface area (Å²) < 4.78 is 1.73. The summed E-state index contributed by atoms with van der Waals surface area (Å²) in [4.78, 5) is 28.7. The van der Waals surface area contributed by atoms with Crippen molar-refractivity contribution in [3.8, 4) is 0 Å². The van der Waals surface area contributed by atoms with E-state index in [1.54, 1.807) is 36.9 Å². The molecule has 1 atom stereocenters. The highest BCUT2D eigenvalue weighted by Crippen LogP contribution is 2.25. The van der Waals surface area contributed by atoms with Gasteiger partial charge in [-0.1, -0.05) is 29.3 Å². The second kappa shape index (κ2) is 7.09. The summed E-state index contributed by atoms with van der Waals surface area (Å²) in [6.07, 6.45) is 1.80. The Morgan fingerprint density at radius 3 is 2.73 bits per heavy atom. The molecular formula is C14H13Cl2N3O2S. The van der Waals surface area contributed by atoms with E-state index in [9.17, 15) is 9.59 Å². The number of carbonyl (C=O) groups excluding carboxylic acids is 2. The Balaban J connectivity index is 2.13. The minimum absolute atomic E-state index is 0.155. The molecule has 0 bridgehead atoms. The van der Waals surface area contributed by atoms with Crippen LogP contribution >= 0.6 is 34.5 Å². The van der Waals surface area contributed by atoms with Crippen LogP contribution in [0.15, 0.2) is 34.8 Å². The van der Waals surface area contributed by atoms with Crippen LogP contribution in [-0.2, 0) is 11.8 Å². The zero-order chi connectivity index (χ0) is 16.3. The third-order valence-electron chi connectivity index (χ3n) is 2.88. The van der Waals surface area contributed by atoms with Crippen LogP contribution in [-0.4, -0.2) is 22.4 Å². The maximum Gasteiger partial charge on any atom is 0.270 e. The highest BCUT2D eigenvalue weighted by atomic mass is 35.5. The number of aromatic nitrogens is 1. The van der Waals surface area contributed by atoms with E-state index in [4.69, 9.17) is 23.2 Å². The molecule has 2 aromatic rings. The molecule has 1 N–H and O–H groups in total. The van der Waals surface area contributed by atoms with Crippen molar-refractivity contribution in [3.05, 3.63) is 50.2 Å². The molecule has 1 aromatic carbocycles. The summed E-state index contributed by atoms with van der Waals surface area (Å²) >= 11 is 13.2. The first-order chi connectivity index (χ1) is 10.4. The SMILES string of the molecule is C[C@@H](NC(=O)c1cccc(Cl)c1Cl)C(=O)N=c1sccn1C. The molecule has 8 heteroatoms. The van der Waals surface area contributed by atoms with Crippen molar-refractivity contribution < 1.29 is 9.59 Å². The Kier molecular flexibility index (Phi) is 5.39. The van der Waals surface area contributed by atoms with Crippen molar-refractivity contribution in [2.75, 3.05) is 0 Å². The lowest BCUT2D eigenvalue weighted by Crippen LogP contribution is -2.38. The number of halogens is 2. The molecule has 2 rings (SSSR count). The second-order valence-electron chi connectivity index (χ2n) is 4.54. The third-order valence-corrected chi connectivity index (χ3v) is 4.55. The maximum absolute atomic E-state index is 12.2. The van der Waals surface area contributed by atoms with Gasteiger partial charge in [0, 0.05) is 18.6 Å². The van der Waals surface area contributed by atoms with Gasteiger partial charge in [0.2, 0.25) is 0 Å². The van der Waals surface area contributed by atoms with E-state index < -0.39 is 17.9 Å². The monoisotopic (exact) mass is 357 g/mol. The molecule has 0 spiro atoms. The van der Waals surface area contributed by atoms with Crippen LogP contribution in [0.4, 0.5) is 0 Å². The summed E-state index contributed by atoms with van der Waals surface area (Å²) in [6.45, 7) is 1.57. The van der Waals surface area contributed by atoms with E-state index in [1.807, 2.05) is 5.38 Å². The Morgan fingerprint density at radius 2 is 2.09 bits per heavy atom. The van der Waals surface area contributed by atoms with Gasteiger partial charge in [-0.15, -0.1) is 11.3 Å². The first-order valence-electron chi connectivity index (χ1n) is 6.33. The van der Waals surface area contributed by atoms with Gasteiger partial charge in [0.05, 0.1) is 15.6 Å². The van der Waals surface area contributed by atoms with E-state index in [0.29, 0.717) is 4.80 Å². The first-order valence-corrected chi connectivity index (χ1v) is 7.97. The summed E-state index contributed by atoms with van der Waals surface area (Å²) in [5.41, 5.74) is 0.218. The smallest absolute Gasteiger partial charge is 0.270 e. The van der Waals surface area contributed by atoms with Gasteiger partial charge in [-0.3, -0.25) is 9.59 Å². The molecule has 0 radical (unpaired) electrons. The Hall–Kier alpha value is -1.63. The fourth-order valence-corrected chi connectivity index (χ4v) is 2.76. The molecule has 22 heavy (non-hydrogen) atoms. The maximum atomic E-state index is 12.2. The van der Waals surface area contributed by atoms with Gasteiger partial charge in [-0.25, -0.2) is 0 Å². The molecule has 1 aromatic heterocycles. The Bertz CT molecular complexity index is 782. The van der Waals surface area contributed by atoms with Crippen LogP contribution in [0, 0.1) is 0 Å². The standard InChI is InChI=1S/C14H13Cl2N3O2S/c1-8(12(20)18-14-19(2)6-7-22-14)17-13(21)9-4-3-5-10(15)11(9)16/h3-8H,1-2H3,(H,17,21)/t8-/m1/s1. The molecular weight excluding hydrogens is 345 g/mol. The quantitative estimate of drug-likeness (QED) is 0.917. The van der Waals surface area contributed by atoms with E-state index in [1.165, 1.54) is 17.4 Å². The van der Waals surface area contributed by atoms with Gasteiger partial charge in [0.1, 0.15) is 6.04 Å². The summed E-state index contributed by atoms with van der Waals surface area (Å²) in [5.74, 6) is -0.913. The number of nitrogens with one attached hydrogen (secondary N) is 1. The van der Waals surface area contributed by atoms with E-state index in [-0.39, 0.29) is 15.6 Å². The van der Waals surface area contributed by atoms with Crippen molar-refractivity contribution in [1.29, 1.82) is 0 Å². The van der Waals surface area contributed by atoms with Crippen LogP contribution in [0.3, 0.4) is 0 Å². The van der Waals surface area contributed by atoms with Crippen molar-refractivity contribution in [2.24, 2.45) is 12.0 Å². The minimum Gasteiger partial charge on any atom is -0.340 e. The molecule has 0 aliphatic rings. The number of hydrogen-bond acceptors (Lipinski definition) is 3. The average molecular weight is 358 g/mol. The molecule has 1 heterocycles. The second-order valence-corrected chi connectivity index (χ2v) is 6.20. The number of carbonyl (C=O) groups is 2. The molecule has 0 unspecified atom stereocenters. The van der Waals surface area contributed by atoms with Gasteiger partial charge in [-0.2, -0.15) is 4.99 Å². The van der Waals surface area contributed by atoms with Crippen LogP contribution in [0.1, 0.15) is 17.3 Å². The number of benzene rings is 1. The molecule has 0 aliphatic carbocycles. The average Bonchev–Trinajstić information content (AvgIpc) is 2.87. The largest absolute Gasteiger partial charge is 0.340 e. The van der Waals surface area contributed by atoms with Gasteiger partial charge < -0.3 is 9.88 Å². The molecule has 5 nitrogen and oxygen atoms in total. The zero-order valence-electron chi connectivity index (χ0n) is 11.8. The van der Waals surface area contributed by atoms with Crippen molar-refractivity contribution in [1.82, 2.24) is 9.88 Å². The fourth-order valence-electron chi connectivity index (χ4n) is 1.64. The predicted molar refractivity (Wildman–Crippen MR) is 87.3 cm³/mol. The van der Waals surface area contributed by atoms with Gasteiger partial charge in [-0.05, 0) is 19.1 Å². The summed E-state index contributed by atoms with van der Waals surface area (Å²) in [6, 6.07) is 3.97. The fraction of sp³-hybridized carbons (Fsp3) is 0.214. The van der Waals surface area contributed by atoms with Crippen LogP contribution in [0.2, 0.25) is 10.0 Å². The molecule has 0 fully saturated rings.